The van der Waals surface area contributed by atoms with Gasteiger partial charge in [-0.15, -0.1) is 0 Å². The zero-order valence-corrected chi connectivity index (χ0v) is 10.9. The van der Waals surface area contributed by atoms with Gasteiger partial charge in [-0.1, -0.05) is 24.4 Å². The third-order valence-corrected chi connectivity index (χ3v) is 4.02. The maximum Gasteiger partial charge on any atom is 0.170 e. The molecule has 2 saturated carbocycles. The molecular formula is C13H16ClN3O. The lowest BCUT2D eigenvalue weighted by Gasteiger charge is -2.15. The van der Waals surface area contributed by atoms with E-state index in [1.54, 1.807) is 0 Å². The summed E-state index contributed by atoms with van der Waals surface area (Å²) in [6.07, 6.45) is 7.74. The van der Waals surface area contributed by atoms with Gasteiger partial charge in [-0.2, -0.15) is 0 Å². The smallest absolute Gasteiger partial charge is 0.170 e. The van der Waals surface area contributed by atoms with Crippen molar-refractivity contribution >= 4 is 23.7 Å². The van der Waals surface area contributed by atoms with E-state index in [0.717, 1.165) is 37.8 Å². The van der Waals surface area contributed by atoms with Gasteiger partial charge in [0.25, 0.3) is 0 Å². The standard InChI is InChI=1S/C13H16ClN3O/c14-11-10(7-18)16-12(8-5-6-8)17-13(11)15-9-3-1-2-4-9/h7-9H,1-6H2,(H,15,16,17). The van der Waals surface area contributed by atoms with Crippen LogP contribution in [0.15, 0.2) is 0 Å². The summed E-state index contributed by atoms with van der Waals surface area (Å²) in [5.74, 6) is 1.83. The van der Waals surface area contributed by atoms with Crippen LogP contribution in [-0.4, -0.2) is 22.3 Å². The van der Waals surface area contributed by atoms with Crippen molar-refractivity contribution in [3.8, 4) is 0 Å². The zero-order valence-electron chi connectivity index (χ0n) is 10.2. The van der Waals surface area contributed by atoms with Gasteiger partial charge in [0.1, 0.15) is 22.4 Å². The van der Waals surface area contributed by atoms with Crippen molar-refractivity contribution in [3.63, 3.8) is 0 Å². The molecule has 1 aromatic heterocycles. The Kier molecular flexibility index (Phi) is 3.20. The fraction of sp³-hybridized carbons (Fsp3) is 0.615. The minimum absolute atomic E-state index is 0.314. The summed E-state index contributed by atoms with van der Waals surface area (Å²) >= 11 is 6.17. The van der Waals surface area contributed by atoms with Crippen LogP contribution in [0.2, 0.25) is 5.02 Å². The summed E-state index contributed by atoms with van der Waals surface area (Å²) in [4.78, 5) is 19.7. The summed E-state index contributed by atoms with van der Waals surface area (Å²) in [7, 11) is 0. The predicted octanol–water partition coefficient (Wildman–Crippen LogP) is 3.17. The van der Waals surface area contributed by atoms with Gasteiger partial charge >= 0.3 is 0 Å². The number of aldehydes is 1. The van der Waals surface area contributed by atoms with E-state index in [4.69, 9.17) is 11.6 Å². The molecule has 2 aliphatic carbocycles. The third-order valence-electron chi connectivity index (χ3n) is 3.64. The van der Waals surface area contributed by atoms with Crippen LogP contribution >= 0.6 is 11.6 Å². The lowest BCUT2D eigenvalue weighted by Crippen LogP contribution is -2.17. The molecule has 0 unspecified atom stereocenters. The monoisotopic (exact) mass is 265 g/mol. The van der Waals surface area contributed by atoms with Crippen molar-refractivity contribution in [3.05, 3.63) is 16.5 Å². The van der Waals surface area contributed by atoms with Gasteiger partial charge in [0.05, 0.1) is 0 Å². The summed E-state index contributed by atoms with van der Waals surface area (Å²) in [6, 6.07) is 0.434. The van der Waals surface area contributed by atoms with Gasteiger partial charge in [-0.3, -0.25) is 4.79 Å². The minimum Gasteiger partial charge on any atom is -0.366 e. The molecule has 96 valence electrons. The Balaban J connectivity index is 1.89. The van der Waals surface area contributed by atoms with Gasteiger partial charge < -0.3 is 5.32 Å². The Morgan fingerprint density at radius 3 is 2.50 bits per heavy atom. The van der Waals surface area contributed by atoms with Crippen LogP contribution in [0.1, 0.15) is 60.8 Å². The first-order chi connectivity index (χ1) is 8.78. The normalized spacial score (nSPS) is 20.1. The van der Waals surface area contributed by atoms with Crippen molar-refractivity contribution in [1.29, 1.82) is 0 Å². The maximum atomic E-state index is 11.0. The highest BCUT2D eigenvalue weighted by Gasteiger charge is 2.29. The van der Waals surface area contributed by atoms with Crippen molar-refractivity contribution < 1.29 is 4.79 Å². The van der Waals surface area contributed by atoms with Crippen molar-refractivity contribution in [2.24, 2.45) is 0 Å². The van der Waals surface area contributed by atoms with Crippen LogP contribution in [0, 0.1) is 0 Å². The van der Waals surface area contributed by atoms with Gasteiger partial charge in [-0.05, 0) is 25.7 Å². The average molecular weight is 266 g/mol. The van der Waals surface area contributed by atoms with E-state index in [1.807, 2.05) is 0 Å². The molecule has 1 N–H and O–H groups in total. The second-order valence-electron chi connectivity index (χ2n) is 5.15. The lowest BCUT2D eigenvalue weighted by molar-refractivity contribution is 0.111. The van der Waals surface area contributed by atoms with Gasteiger partial charge in [0.15, 0.2) is 6.29 Å². The van der Waals surface area contributed by atoms with Gasteiger partial charge in [0, 0.05) is 12.0 Å². The molecule has 0 radical (unpaired) electrons. The third kappa shape index (κ3) is 2.34. The summed E-state index contributed by atoms with van der Waals surface area (Å²) in [5, 5.41) is 3.73. The molecule has 0 amide bonds. The van der Waals surface area contributed by atoms with E-state index in [0.29, 0.717) is 28.5 Å². The minimum atomic E-state index is 0.314. The van der Waals surface area contributed by atoms with Crippen molar-refractivity contribution in [2.75, 3.05) is 5.32 Å². The van der Waals surface area contributed by atoms with E-state index in [2.05, 4.69) is 15.3 Å². The number of nitrogens with zero attached hydrogens (tertiary/aromatic N) is 2. The highest BCUT2D eigenvalue weighted by molar-refractivity contribution is 6.35. The number of hydrogen-bond donors (Lipinski definition) is 1. The summed E-state index contributed by atoms with van der Waals surface area (Å²) in [6.45, 7) is 0. The average Bonchev–Trinajstić information content (AvgIpc) is 3.11. The lowest BCUT2D eigenvalue weighted by atomic mass is 10.2. The van der Waals surface area contributed by atoms with E-state index in [-0.39, 0.29) is 0 Å². The number of halogens is 1. The molecule has 4 nitrogen and oxygen atoms in total. The van der Waals surface area contributed by atoms with Crippen LogP contribution in [0.3, 0.4) is 0 Å². The quantitative estimate of drug-likeness (QED) is 0.850. The number of hydrogen-bond acceptors (Lipinski definition) is 4. The Morgan fingerprint density at radius 1 is 1.17 bits per heavy atom. The number of nitrogens with one attached hydrogen (secondary N) is 1. The largest absolute Gasteiger partial charge is 0.366 e. The number of anilines is 1. The Morgan fingerprint density at radius 2 is 1.89 bits per heavy atom. The van der Waals surface area contributed by atoms with Gasteiger partial charge in [-0.25, -0.2) is 9.97 Å². The predicted molar refractivity (Wildman–Crippen MR) is 70.3 cm³/mol. The Labute approximate surface area is 111 Å². The van der Waals surface area contributed by atoms with E-state index >= 15 is 0 Å². The molecule has 3 rings (SSSR count). The Bertz CT molecular complexity index is 468. The Hall–Kier alpha value is -1.16. The number of carbonyl (C=O) groups is 1. The molecule has 0 bridgehead atoms. The van der Waals surface area contributed by atoms with E-state index < -0.39 is 0 Å². The molecule has 0 aliphatic heterocycles. The maximum absolute atomic E-state index is 11.0. The molecule has 0 saturated heterocycles. The van der Waals surface area contributed by atoms with E-state index in [9.17, 15) is 4.79 Å². The van der Waals surface area contributed by atoms with Crippen LogP contribution < -0.4 is 5.32 Å². The topological polar surface area (TPSA) is 54.9 Å². The van der Waals surface area contributed by atoms with Crippen LogP contribution in [-0.2, 0) is 0 Å². The zero-order chi connectivity index (χ0) is 12.5. The molecule has 5 heteroatoms. The molecule has 1 aromatic rings. The molecule has 2 aliphatic rings. The molecule has 18 heavy (non-hydrogen) atoms. The van der Waals surface area contributed by atoms with Crippen LogP contribution in [0.4, 0.5) is 5.82 Å². The SMILES string of the molecule is O=Cc1nc(C2CC2)nc(NC2CCCC2)c1Cl. The fourth-order valence-corrected chi connectivity index (χ4v) is 2.63. The van der Waals surface area contributed by atoms with E-state index in [1.165, 1.54) is 12.8 Å². The number of carbonyl (C=O) groups excluding carboxylic acids is 1. The van der Waals surface area contributed by atoms with Crippen LogP contribution in [0.25, 0.3) is 0 Å². The number of rotatable bonds is 4. The summed E-state index contributed by atoms with van der Waals surface area (Å²) < 4.78 is 0. The molecular weight excluding hydrogens is 250 g/mol. The molecule has 0 spiro atoms. The highest BCUT2D eigenvalue weighted by atomic mass is 35.5. The molecule has 0 atom stereocenters. The van der Waals surface area contributed by atoms with Gasteiger partial charge in [0.2, 0.25) is 0 Å². The molecule has 1 heterocycles. The number of aromatic nitrogens is 2. The molecule has 2 fully saturated rings. The van der Waals surface area contributed by atoms with Crippen molar-refractivity contribution in [2.45, 2.75) is 50.5 Å². The first-order valence-electron chi connectivity index (χ1n) is 6.57. The second-order valence-corrected chi connectivity index (χ2v) is 5.53. The van der Waals surface area contributed by atoms with Crippen LogP contribution in [0.5, 0.6) is 0 Å². The highest BCUT2D eigenvalue weighted by Crippen LogP contribution is 2.39. The van der Waals surface area contributed by atoms with Crippen molar-refractivity contribution in [1.82, 2.24) is 9.97 Å². The first kappa shape index (κ1) is 11.9. The molecule has 0 aromatic carbocycles. The fourth-order valence-electron chi connectivity index (χ4n) is 2.44. The summed E-state index contributed by atoms with van der Waals surface area (Å²) in [5.41, 5.74) is 0.314. The second kappa shape index (κ2) is 4.84. The first-order valence-corrected chi connectivity index (χ1v) is 6.95.